The number of carbonyl (C=O) groups excluding carboxylic acids is 4. The number of esters is 1. The van der Waals surface area contributed by atoms with Gasteiger partial charge in [-0.2, -0.15) is 0 Å². The molecule has 2 aliphatic heterocycles. The number of likely N-dealkylation sites (N-methyl/N-ethyl adjacent to an activating group) is 1. The lowest BCUT2D eigenvalue weighted by atomic mass is 9.83. The second-order valence-electron chi connectivity index (χ2n) is 15.2. The highest BCUT2D eigenvalue weighted by molar-refractivity contribution is 8.77. The number of nitrogens with two attached hydrogens (primary N) is 1. The Balaban J connectivity index is 1.97. The topological polar surface area (TPSA) is 170 Å². The van der Waals surface area contributed by atoms with Gasteiger partial charge in [-0.15, -0.1) is 0 Å². The quantitative estimate of drug-likeness (QED) is 0.138. The van der Waals surface area contributed by atoms with Gasteiger partial charge in [0, 0.05) is 51.1 Å². The average Bonchev–Trinajstić information content (AvgIpc) is 3.13. The predicted octanol–water partition coefficient (Wildman–Crippen LogP) is 5.89. The zero-order chi connectivity index (χ0) is 41.2. The van der Waals surface area contributed by atoms with Crippen LogP contribution in [0, 0.1) is 11.8 Å². The first-order valence-electron chi connectivity index (χ1n) is 18.4. The molecule has 2 aliphatic rings. The molecule has 1 aromatic rings. The number of rotatable bonds is 11. The maximum absolute atomic E-state index is 14.1. The van der Waals surface area contributed by atoms with Crippen molar-refractivity contribution in [1.29, 1.82) is 0 Å². The Kier molecular flexibility index (Phi) is 17.3. The molecule has 0 radical (unpaired) electrons. The van der Waals surface area contributed by atoms with E-state index in [1.165, 1.54) is 24.0 Å². The standard InChI is InChI=1S/C39H59ClN4O9S2/c1-23-12-11-13-32(51-10)39(49)21-31(53-37(48)42-39)25(3)17-24(2)29(20-34(46)44(8)28-18-27(16-23)19-30(50-9)35(28)40)52-36(47)26(4)43(7)33(45)14-15-54-55-38(5,6)22-41/h11-13,18-19,24-26,29,31-32,49H,14-17,20-22,41H2,1-10H3,(H,42,48)/b13-11+,23-12+/t24-,25-,26-,29-,31-,32+,39-/m0/s1. The molecule has 308 valence electrons. The molecule has 55 heavy (non-hydrogen) atoms. The number of methoxy groups -OCH3 is 2. The van der Waals surface area contributed by atoms with E-state index < -0.39 is 48.1 Å². The molecule has 1 fully saturated rings. The third-order valence-electron chi connectivity index (χ3n) is 10.1. The van der Waals surface area contributed by atoms with Gasteiger partial charge in [0.05, 0.1) is 19.2 Å². The highest BCUT2D eigenvalue weighted by Gasteiger charge is 2.47. The average molecular weight is 828 g/mol. The number of halogens is 1. The largest absolute Gasteiger partial charge is 0.495 e. The molecule has 1 aromatic carbocycles. The minimum atomic E-state index is -1.78. The molecule has 13 nitrogen and oxygen atoms in total. The maximum Gasteiger partial charge on any atom is 0.409 e. The van der Waals surface area contributed by atoms with Crippen molar-refractivity contribution in [3.05, 3.63) is 46.5 Å². The molecule has 16 heteroatoms. The minimum absolute atomic E-state index is 0.0128. The molecular weight excluding hydrogens is 768 g/mol. The summed E-state index contributed by atoms with van der Waals surface area (Å²) in [6.45, 7) is 11.8. The monoisotopic (exact) mass is 826 g/mol. The van der Waals surface area contributed by atoms with E-state index in [1.54, 1.807) is 60.8 Å². The first-order chi connectivity index (χ1) is 25.7. The van der Waals surface area contributed by atoms with Crippen LogP contribution in [-0.2, 0) is 35.0 Å². The van der Waals surface area contributed by atoms with Crippen molar-refractivity contribution in [1.82, 2.24) is 10.2 Å². The summed E-state index contributed by atoms with van der Waals surface area (Å²) in [7, 11) is 9.28. The molecule has 3 amide bonds. The summed E-state index contributed by atoms with van der Waals surface area (Å²) in [6.07, 6.45) is 2.77. The van der Waals surface area contributed by atoms with Gasteiger partial charge in [-0.1, -0.05) is 70.8 Å². The molecule has 4 N–H and O–H groups in total. The van der Waals surface area contributed by atoms with Crippen LogP contribution < -0.4 is 20.7 Å². The highest BCUT2D eigenvalue weighted by atomic mass is 35.5. The zero-order valence-electron chi connectivity index (χ0n) is 33.7. The van der Waals surface area contributed by atoms with Crippen LogP contribution in [0.25, 0.3) is 0 Å². The normalized spacial score (nSPS) is 27.5. The second-order valence-corrected chi connectivity index (χ2v) is 18.7. The van der Waals surface area contributed by atoms with Crippen LogP contribution in [0.5, 0.6) is 5.75 Å². The molecule has 0 saturated carbocycles. The van der Waals surface area contributed by atoms with Gasteiger partial charge in [-0.05, 0) is 70.1 Å². The minimum Gasteiger partial charge on any atom is -0.495 e. The summed E-state index contributed by atoms with van der Waals surface area (Å²) >= 11 is 6.77. The van der Waals surface area contributed by atoms with Crippen molar-refractivity contribution < 1.29 is 43.2 Å². The van der Waals surface area contributed by atoms with Crippen LogP contribution in [0.2, 0.25) is 5.02 Å². The second kappa shape index (κ2) is 20.5. The van der Waals surface area contributed by atoms with E-state index in [-0.39, 0.29) is 46.8 Å². The number of hydrogen-bond acceptors (Lipinski definition) is 12. The van der Waals surface area contributed by atoms with Gasteiger partial charge in [0.15, 0.2) is 5.72 Å². The molecule has 4 bridgehead atoms. The lowest BCUT2D eigenvalue weighted by Gasteiger charge is -2.42. The lowest BCUT2D eigenvalue weighted by Crippen LogP contribution is -2.63. The van der Waals surface area contributed by atoms with E-state index in [0.717, 1.165) is 11.1 Å². The molecule has 1 saturated heterocycles. The Morgan fingerprint density at radius 1 is 1.24 bits per heavy atom. The first-order valence-corrected chi connectivity index (χ1v) is 21.1. The number of nitrogens with zero attached hydrogens (tertiary/aromatic N) is 2. The number of benzene rings is 1. The molecule has 0 aliphatic carbocycles. The summed E-state index contributed by atoms with van der Waals surface area (Å²) in [5, 5.41) is 14.5. The Hall–Kier alpha value is -2.95. The molecule has 3 rings (SSSR count). The van der Waals surface area contributed by atoms with Crippen LogP contribution in [0.15, 0.2) is 35.9 Å². The number of nitrogens with one attached hydrogen (secondary N) is 1. The summed E-state index contributed by atoms with van der Waals surface area (Å²) in [5.74, 6) is -1.11. The molecule has 2 heterocycles. The van der Waals surface area contributed by atoms with E-state index in [9.17, 15) is 24.3 Å². The highest BCUT2D eigenvalue weighted by Crippen LogP contribution is 2.38. The molecule has 0 spiro atoms. The van der Waals surface area contributed by atoms with Crippen molar-refractivity contribution >= 4 is 62.8 Å². The fourth-order valence-corrected chi connectivity index (χ4v) is 9.07. The molecule has 0 unspecified atom stereocenters. The van der Waals surface area contributed by atoms with Gasteiger partial charge in [-0.25, -0.2) is 9.59 Å². The summed E-state index contributed by atoms with van der Waals surface area (Å²) in [5.41, 5.74) is 6.22. The third-order valence-corrected chi connectivity index (χ3v) is 13.8. The predicted molar refractivity (Wildman–Crippen MR) is 219 cm³/mol. The Morgan fingerprint density at radius 2 is 1.93 bits per heavy atom. The number of fused-ring (bicyclic) bond motifs is 4. The summed E-state index contributed by atoms with van der Waals surface area (Å²) in [4.78, 5) is 56.5. The molecule has 0 aromatic heterocycles. The fourth-order valence-electron chi connectivity index (χ4n) is 6.37. The van der Waals surface area contributed by atoms with Crippen LogP contribution in [0.4, 0.5) is 10.5 Å². The van der Waals surface area contributed by atoms with Crippen molar-refractivity contribution in [3.63, 3.8) is 0 Å². The Bertz CT molecular complexity index is 1590. The van der Waals surface area contributed by atoms with Crippen molar-refractivity contribution in [2.75, 3.05) is 45.5 Å². The van der Waals surface area contributed by atoms with Gasteiger partial charge in [0.1, 0.15) is 35.1 Å². The van der Waals surface area contributed by atoms with Gasteiger partial charge < -0.3 is 39.6 Å². The smallest absolute Gasteiger partial charge is 0.409 e. The Labute approximate surface area is 338 Å². The van der Waals surface area contributed by atoms with E-state index in [2.05, 4.69) is 5.32 Å². The number of amides is 3. The van der Waals surface area contributed by atoms with E-state index in [1.807, 2.05) is 46.8 Å². The van der Waals surface area contributed by atoms with Crippen LogP contribution in [0.1, 0.15) is 72.8 Å². The third kappa shape index (κ3) is 12.8. The summed E-state index contributed by atoms with van der Waals surface area (Å²) in [6, 6.07) is 2.68. The molecule has 7 atom stereocenters. The number of hydrogen-bond donors (Lipinski definition) is 3. The van der Waals surface area contributed by atoms with Crippen molar-refractivity contribution in [3.8, 4) is 5.75 Å². The maximum atomic E-state index is 14.1. The number of allylic oxidation sites excluding steroid dienone is 3. The number of alkyl carbamates (subject to hydrolysis) is 1. The van der Waals surface area contributed by atoms with E-state index in [0.29, 0.717) is 36.6 Å². The van der Waals surface area contributed by atoms with E-state index >= 15 is 0 Å². The van der Waals surface area contributed by atoms with Gasteiger partial charge in [0.25, 0.3) is 0 Å². The number of carbonyl (C=O) groups is 4. The van der Waals surface area contributed by atoms with Crippen molar-refractivity contribution in [2.45, 2.75) is 108 Å². The van der Waals surface area contributed by atoms with Crippen LogP contribution in [-0.4, -0.2) is 109 Å². The van der Waals surface area contributed by atoms with Gasteiger partial charge in [0.2, 0.25) is 11.8 Å². The number of ether oxygens (including phenoxy) is 4. The van der Waals surface area contributed by atoms with Gasteiger partial charge in [-0.3, -0.25) is 14.9 Å². The number of anilines is 1. The molecular formula is C39H59ClN4O9S2. The zero-order valence-corrected chi connectivity index (χ0v) is 36.1. The van der Waals surface area contributed by atoms with Crippen LogP contribution in [0.3, 0.4) is 0 Å². The van der Waals surface area contributed by atoms with Crippen molar-refractivity contribution in [2.24, 2.45) is 17.6 Å². The lowest BCUT2D eigenvalue weighted by molar-refractivity contribution is -0.162. The van der Waals surface area contributed by atoms with Gasteiger partial charge >= 0.3 is 12.1 Å². The summed E-state index contributed by atoms with van der Waals surface area (Å²) < 4.78 is 22.9. The van der Waals surface area contributed by atoms with Crippen LogP contribution >= 0.6 is 33.2 Å². The Morgan fingerprint density at radius 3 is 2.56 bits per heavy atom. The first kappa shape index (κ1) is 46.4. The van der Waals surface area contributed by atoms with E-state index in [4.69, 9.17) is 36.3 Å². The fraction of sp³-hybridized carbons (Fsp3) is 0.641. The number of aliphatic hydroxyl groups is 1. The SMILES string of the molecule is COc1cc2cc(c1Cl)N(C)C(=O)C[C@H](OC(=O)[C@H](C)N(C)C(=O)CCSSC(C)(C)CN)[C@@H](C)C[C@H](C)[C@@H]1C[C@@](O)(NC(=O)O1)[C@H](OC)/C=C/C=C(\C)C2.